The van der Waals surface area contributed by atoms with Crippen LogP contribution in [0.3, 0.4) is 0 Å². The van der Waals surface area contributed by atoms with Gasteiger partial charge in [0.05, 0.1) is 6.04 Å². The van der Waals surface area contributed by atoms with Gasteiger partial charge in [-0.3, -0.25) is 19.5 Å². The van der Waals surface area contributed by atoms with E-state index in [0.29, 0.717) is 47.1 Å². The summed E-state index contributed by atoms with van der Waals surface area (Å²) in [5.74, 6) is -1.06. The van der Waals surface area contributed by atoms with Crippen LogP contribution in [0, 0.1) is 6.92 Å². The molecule has 7 nitrogen and oxygen atoms in total. The number of amides is 1. The Bertz CT molecular complexity index is 1190. The van der Waals surface area contributed by atoms with E-state index >= 15 is 0 Å². The summed E-state index contributed by atoms with van der Waals surface area (Å²) in [5.41, 5.74) is 2.88. The van der Waals surface area contributed by atoms with Gasteiger partial charge in [-0.15, -0.1) is 0 Å². The lowest BCUT2D eigenvalue weighted by atomic mass is 9.79. The molecule has 31 heavy (non-hydrogen) atoms. The molecule has 1 N–H and O–H groups in total. The van der Waals surface area contributed by atoms with Gasteiger partial charge in [-0.2, -0.15) is 0 Å². The fourth-order valence-electron chi connectivity index (χ4n) is 4.35. The number of carbonyl (C=O) groups excluding carboxylic acids is 1. The topological polar surface area (TPSA) is 89.0 Å². The molecule has 2 aliphatic heterocycles. The first-order valence-corrected chi connectivity index (χ1v) is 10.0. The number of fused-ring (bicyclic) bond motifs is 2. The predicted molar refractivity (Wildman–Crippen MR) is 113 cm³/mol. The number of rotatable bonds is 3. The average Bonchev–Trinajstić information content (AvgIpc) is 2.78. The maximum atomic E-state index is 13.6. The molecule has 7 heteroatoms. The van der Waals surface area contributed by atoms with Gasteiger partial charge in [0.1, 0.15) is 19.1 Å². The lowest BCUT2D eigenvalue weighted by Crippen LogP contribution is -2.45. The first kappa shape index (κ1) is 19.1. The zero-order valence-corrected chi connectivity index (χ0v) is 16.8. The van der Waals surface area contributed by atoms with Crippen LogP contribution in [0.2, 0.25) is 0 Å². The summed E-state index contributed by atoms with van der Waals surface area (Å²) in [6.07, 6.45) is 1.62. The van der Waals surface area contributed by atoms with E-state index in [-0.39, 0.29) is 5.91 Å². The molecule has 1 aromatic heterocycles. The molecule has 0 aliphatic carbocycles. The number of benzene rings is 2. The largest absolute Gasteiger partial charge is 0.486 e. The third kappa shape index (κ3) is 3.18. The molecule has 5 rings (SSSR count). The highest BCUT2D eigenvalue weighted by Crippen LogP contribution is 2.46. The minimum Gasteiger partial charge on any atom is -0.486 e. The van der Waals surface area contributed by atoms with E-state index in [9.17, 15) is 14.7 Å². The van der Waals surface area contributed by atoms with Crippen molar-refractivity contribution in [1.82, 2.24) is 4.98 Å². The van der Waals surface area contributed by atoms with Crippen molar-refractivity contribution in [1.29, 1.82) is 0 Å². The molecule has 2 atom stereocenters. The molecular formula is C24H20N2O5. The van der Waals surface area contributed by atoms with Gasteiger partial charge in [0.2, 0.25) is 0 Å². The highest BCUT2D eigenvalue weighted by atomic mass is 16.6. The molecular weight excluding hydrogens is 396 g/mol. The Balaban J connectivity index is 1.74. The van der Waals surface area contributed by atoms with Crippen LogP contribution < -0.4 is 14.4 Å². The molecule has 0 radical (unpaired) electrons. The van der Waals surface area contributed by atoms with Crippen LogP contribution in [-0.2, 0) is 4.79 Å². The fraction of sp³-hybridized carbons (Fsp3) is 0.208. The van der Waals surface area contributed by atoms with Gasteiger partial charge in [-0.25, -0.2) is 0 Å². The van der Waals surface area contributed by atoms with Gasteiger partial charge in [0, 0.05) is 23.1 Å². The van der Waals surface area contributed by atoms with Gasteiger partial charge < -0.3 is 14.6 Å². The number of aromatic nitrogens is 1. The number of hydrogen-bond donors (Lipinski definition) is 1. The number of carboxylic acids is 1. The zero-order valence-electron chi connectivity index (χ0n) is 16.8. The fourth-order valence-corrected chi connectivity index (χ4v) is 4.35. The van der Waals surface area contributed by atoms with Gasteiger partial charge in [0.15, 0.2) is 11.5 Å². The van der Waals surface area contributed by atoms with E-state index in [2.05, 4.69) is 4.98 Å². The Labute approximate surface area is 178 Å². The number of anilines is 1. The predicted octanol–water partition coefficient (Wildman–Crippen LogP) is 3.73. The van der Waals surface area contributed by atoms with Gasteiger partial charge in [-0.1, -0.05) is 24.3 Å². The summed E-state index contributed by atoms with van der Waals surface area (Å²) < 4.78 is 11.3. The summed E-state index contributed by atoms with van der Waals surface area (Å²) in [5, 5.41) is 10.3. The molecule has 156 valence electrons. The summed E-state index contributed by atoms with van der Waals surface area (Å²) in [4.78, 5) is 31.9. The van der Waals surface area contributed by atoms with Crippen molar-refractivity contribution in [3.8, 4) is 11.5 Å². The van der Waals surface area contributed by atoms with Gasteiger partial charge in [-0.05, 0) is 48.4 Å². The average molecular weight is 416 g/mol. The Hall–Kier alpha value is -3.87. The number of pyridine rings is 1. The Morgan fingerprint density at radius 3 is 2.61 bits per heavy atom. The molecule has 1 amide bonds. The molecule has 3 aromatic rings. The standard InChI is InChI=1S/C24H20N2O5/c1-14-12-16(8-9-25-14)26-22(15-6-7-19-20(13-15)31-11-10-30-19)21(24(28)29)17-4-2-3-5-18(17)23(26)27/h2-9,12-13,21-22H,10-11H2,1H3,(H,28,29)/t21-,22+/m1/s1. The minimum atomic E-state index is -1.00. The number of nitrogens with zero attached hydrogens (tertiary/aromatic N) is 2. The molecule has 0 spiro atoms. The Kier molecular flexibility index (Phi) is 4.58. The van der Waals surface area contributed by atoms with E-state index < -0.39 is 17.9 Å². The summed E-state index contributed by atoms with van der Waals surface area (Å²) in [6.45, 7) is 2.71. The third-order valence-electron chi connectivity index (χ3n) is 5.67. The number of carboxylic acid groups (broad SMARTS) is 1. The van der Waals surface area contributed by atoms with E-state index in [1.165, 1.54) is 0 Å². The number of ether oxygens (including phenoxy) is 2. The molecule has 0 saturated carbocycles. The minimum absolute atomic E-state index is 0.251. The smallest absolute Gasteiger partial charge is 0.313 e. The van der Waals surface area contributed by atoms with E-state index in [1.807, 2.05) is 6.92 Å². The molecule has 2 aliphatic rings. The zero-order chi connectivity index (χ0) is 21.5. The van der Waals surface area contributed by atoms with Crippen LogP contribution in [0.5, 0.6) is 11.5 Å². The normalized spacial score (nSPS) is 19.6. The van der Waals surface area contributed by atoms with Crippen molar-refractivity contribution in [2.24, 2.45) is 0 Å². The third-order valence-corrected chi connectivity index (χ3v) is 5.67. The lowest BCUT2D eigenvalue weighted by Gasteiger charge is -2.41. The monoisotopic (exact) mass is 416 g/mol. The quantitative estimate of drug-likeness (QED) is 0.700. The van der Waals surface area contributed by atoms with Crippen molar-refractivity contribution in [3.63, 3.8) is 0 Å². The van der Waals surface area contributed by atoms with Gasteiger partial charge >= 0.3 is 5.97 Å². The van der Waals surface area contributed by atoms with Crippen LogP contribution in [0.25, 0.3) is 0 Å². The summed E-state index contributed by atoms with van der Waals surface area (Å²) in [6, 6.07) is 15.0. The van der Waals surface area contributed by atoms with Crippen LogP contribution in [-0.4, -0.2) is 35.2 Å². The van der Waals surface area contributed by atoms with Crippen LogP contribution in [0.4, 0.5) is 5.69 Å². The molecule has 0 fully saturated rings. The first-order chi connectivity index (χ1) is 15.0. The molecule has 2 aromatic carbocycles. The van der Waals surface area contributed by atoms with Crippen molar-refractivity contribution >= 4 is 17.6 Å². The maximum absolute atomic E-state index is 13.6. The van der Waals surface area contributed by atoms with Crippen LogP contribution >= 0.6 is 0 Å². The van der Waals surface area contributed by atoms with Crippen LogP contribution in [0.15, 0.2) is 60.8 Å². The number of carbonyl (C=O) groups is 2. The number of aryl methyl sites for hydroxylation is 1. The number of hydrogen-bond acceptors (Lipinski definition) is 5. The van der Waals surface area contributed by atoms with Crippen LogP contribution in [0.1, 0.15) is 39.1 Å². The number of aliphatic carboxylic acids is 1. The second-order valence-corrected chi connectivity index (χ2v) is 7.58. The van der Waals surface area contributed by atoms with E-state index in [4.69, 9.17) is 9.47 Å². The van der Waals surface area contributed by atoms with Crippen molar-refractivity contribution in [2.45, 2.75) is 18.9 Å². The second kappa shape index (κ2) is 7.43. The second-order valence-electron chi connectivity index (χ2n) is 7.58. The van der Waals surface area contributed by atoms with E-state index in [0.717, 1.165) is 5.69 Å². The SMILES string of the molecule is Cc1cc(N2C(=O)c3ccccc3[C@@H](C(=O)O)[C@@H]2c2ccc3c(c2)OCCO3)ccn1. The summed E-state index contributed by atoms with van der Waals surface area (Å²) in [7, 11) is 0. The Morgan fingerprint density at radius 1 is 1.06 bits per heavy atom. The highest BCUT2D eigenvalue weighted by molar-refractivity contribution is 6.11. The molecule has 0 bridgehead atoms. The highest BCUT2D eigenvalue weighted by Gasteiger charge is 2.45. The summed E-state index contributed by atoms with van der Waals surface area (Å²) >= 11 is 0. The van der Waals surface area contributed by atoms with Crippen molar-refractivity contribution in [3.05, 3.63) is 83.2 Å². The molecule has 0 unspecified atom stereocenters. The van der Waals surface area contributed by atoms with E-state index in [1.54, 1.807) is 65.7 Å². The van der Waals surface area contributed by atoms with Crippen molar-refractivity contribution in [2.75, 3.05) is 18.1 Å². The molecule has 0 saturated heterocycles. The van der Waals surface area contributed by atoms with Crippen molar-refractivity contribution < 1.29 is 24.2 Å². The first-order valence-electron chi connectivity index (χ1n) is 10.0. The maximum Gasteiger partial charge on any atom is 0.313 e. The lowest BCUT2D eigenvalue weighted by molar-refractivity contribution is -0.139. The molecule has 3 heterocycles. The van der Waals surface area contributed by atoms with Gasteiger partial charge in [0.25, 0.3) is 5.91 Å². The Morgan fingerprint density at radius 2 is 1.84 bits per heavy atom.